The second-order valence-electron chi connectivity index (χ2n) is 5.01. The topological polar surface area (TPSA) is 69.4 Å². The summed E-state index contributed by atoms with van der Waals surface area (Å²) in [6, 6.07) is 14.2. The van der Waals surface area contributed by atoms with E-state index >= 15 is 0 Å². The van der Waals surface area contributed by atoms with Crippen LogP contribution in [0.1, 0.15) is 17.2 Å². The molecule has 21 heavy (non-hydrogen) atoms. The molecule has 4 nitrogen and oxygen atoms in total. The van der Waals surface area contributed by atoms with Crippen molar-refractivity contribution >= 4 is 9.84 Å². The lowest BCUT2D eigenvalue weighted by Gasteiger charge is -2.14. The van der Waals surface area contributed by atoms with Crippen LogP contribution in [0.3, 0.4) is 0 Å². The average molecular weight is 305 g/mol. The lowest BCUT2D eigenvalue weighted by molar-refractivity contribution is 0.414. The van der Waals surface area contributed by atoms with E-state index in [4.69, 9.17) is 10.5 Å². The SMILES string of the molecule is COc1cccc(CC(N)c2cccc(S(C)(=O)=O)c2)c1. The van der Waals surface area contributed by atoms with Gasteiger partial charge in [0.25, 0.3) is 0 Å². The van der Waals surface area contributed by atoms with E-state index in [2.05, 4.69) is 0 Å². The molecule has 0 heterocycles. The third kappa shape index (κ3) is 4.06. The molecule has 1 atom stereocenters. The van der Waals surface area contributed by atoms with Crippen LogP contribution in [0.15, 0.2) is 53.4 Å². The van der Waals surface area contributed by atoms with Gasteiger partial charge in [-0.2, -0.15) is 0 Å². The minimum Gasteiger partial charge on any atom is -0.497 e. The lowest BCUT2D eigenvalue weighted by atomic mass is 10.00. The molecule has 5 heteroatoms. The van der Waals surface area contributed by atoms with Gasteiger partial charge in [-0.05, 0) is 41.8 Å². The summed E-state index contributed by atoms with van der Waals surface area (Å²) in [5.41, 5.74) is 8.05. The maximum atomic E-state index is 11.6. The second kappa shape index (κ2) is 6.28. The number of hydrogen-bond acceptors (Lipinski definition) is 4. The summed E-state index contributed by atoms with van der Waals surface area (Å²) >= 11 is 0. The van der Waals surface area contributed by atoms with Gasteiger partial charge in [-0.15, -0.1) is 0 Å². The van der Waals surface area contributed by atoms with Crippen molar-refractivity contribution < 1.29 is 13.2 Å². The maximum Gasteiger partial charge on any atom is 0.175 e. The minimum atomic E-state index is -3.22. The zero-order valence-corrected chi connectivity index (χ0v) is 12.9. The van der Waals surface area contributed by atoms with Crippen molar-refractivity contribution in [2.75, 3.05) is 13.4 Å². The Balaban J connectivity index is 2.22. The van der Waals surface area contributed by atoms with E-state index in [-0.39, 0.29) is 6.04 Å². The molecule has 1 unspecified atom stereocenters. The van der Waals surface area contributed by atoms with Crippen LogP contribution in [0.4, 0.5) is 0 Å². The van der Waals surface area contributed by atoms with Gasteiger partial charge in [-0.25, -0.2) is 8.42 Å². The number of rotatable bonds is 5. The van der Waals surface area contributed by atoms with Gasteiger partial charge in [0.05, 0.1) is 12.0 Å². The van der Waals surface area contributed by atoms with Crippen LogP contribution in [0.25, 0.3) is 0 Å². The molecule has 0 aliphatic rings. The van der Waals surface area contributed by atoms with Gasteiger partial charge in [-0.3, -0.25) is 0 Å². The fourth-order valence-corrected chi connectivity index (χ4v) is 2.82. The molecule has 0 saturated heterocycles. The van der Waals surface area contributed by atoms with E-state index < -0.39 is 9.84 Å². The molecule has 0 aromatic heterocycles. The highest BCUT2D eigenvalue weighted by Gasteiger charge is 2.12. The van der Waals surface area contributed by atoms with Crippen molar-refractivity contribution in [3.05, 3.63) is 59.7 Å². The Morgan fingerprint density at radius 2 is 1.86 bits per heavy atom. The summed E-state index contributed by atoms with van der Waals surface area (Å²) in [5, 5.41) is 0. The van der Waals surface area contributed by atoms with Crippen molar-refractivity contribution in [2.24, 2.45) is 5.73 Å². The Bertz CT molecular complexity index is 726. The van der Waals surface area contributed by atoms with Crippen LogP contribution in [0.2, 0.25) is 0 Å². The van der Waals surface area contributed by atoms with Gasteiger partial charge >= 0.3 is 0 Å². The first-order valence-corrected chi connectivity index (χ1v) is 8.48. The fourth-order valence-electron chi connectivity index (χ4n) is 2.15. The van der Waals surface area contributed by atoms with Gasteiger partial charge in [0.1, 0.15) is 5.75 Å². The molecule has 0 spiro atoms. The zero-order chi connectivity index (χ0) is 15.5. The number of hydrogen-bond donors (Lipinski definition) is 1. The van der Waals surface area contributed by atoms with Crippen LogP contribution >= 0.6 is 0 Å². The normalized spacial score (nSPS) is 12.9. The molecular weight excluding hydrogens is 286 g/mol. The first-order chi connectivity index (χ1) is 9.90. The maximum absolute atomic E-state index is 11.6. The molecule has 2 aromatic rings. The Kier molecular flexibility index (Phi) is 4.65. The minimum absolute atomic E-state index is 0.265. The Morgan fingerprint density at radius 1 is 1.14 bits per heavy atom. The molecular formula is C16H19NO3S. The van der Waals surface area contributed by atoms with Crippen molar-refractivity contribution in [3.8, 4) is 5.75 Å². The predicted molar refractivity (Wildman–Crippen MR) is 83.2 cm³/mol. The van der Waals surface area contributed by atoms with E-state index in [9.17, 15) is 8.42 Å². The van der Waals surface area contributed by atoms with Crippen molar-refractivity contribution in [2.45, 2.75) is 17.4 Å². The Morgan fingerprint density at radius 3 is 2.52 bits per heavy atom. The molecule has 0 radical (unpaired) electrons. The zero-order valence-electron chi connectivity index (χ0n) is 12.1. The summed E-state index contributed by atoms with van der Waals surface area (Å²) in [6.07, 6.45) is 1.81. The highest BCUT2D eigenvalue weighted by molar-refractivity contribution is 7.90. The molecule has 2 aromatic carbocycles. The first kappa shape index (κ1) is 15.5. The molecule has 2 N–H and O–H groups in total. The largest absolute Gasteiger partial charge is 0.497 e. The third-order valence-corrected chi connectivity index (χ3v) is 4.41. The number of nitrogens with two attached hydrogens (primary N) is 1. The van der Waals surface area contributed by atoms with Crippen molar-refractivity contribution in [1.29, 1.82) is 0 Å². The summed E-state index contributed by atoms with van der Waals surface area (Å²) in [4.78, 5) is 0.293. The molecule has 0 amide bonds. The van der Waals surface area contributed by atoms with Crippen LogP contribution in [0, 0.1) is 0 Å². The van der Waals surface area contributed by atoms with E-state index in [1.54, 1.807) is 25.3 Å². The van der Waals surface area contributed by atoms with Gasteiger partial charge in [-0.1, -0.05) is 24.3 Å². The number of sulfone groups is 1. The molecule has 0 saturated carbocycles. The Labute approximate surface area is 125 Å². The van der Waals surface area contributed by atoms with Crippen molar-refractivity contribution in [3.63, 3.8) is 0 Å². The van der Waals surface area contributed by atoms with E-state index in [1.165, 1.54) is 6.26 Å². The quantitative estimate of drug-likeness (QED) is 0.920. The molecule has 0 aliphatic carbocycles. The predicted octanol–water partition coefficient (Wildman–Crippen LogP) is 2.34. The Hall–Kier alpha value is -1.85. The van der Waals surface area contributed by atoms with Crippen LogP contribution in [0.5, 0.6) is 5.75 Å². The fraction of sp³-hybridized carbons (Fsp3) is 0.250. The second-order valence-corrected chi connectivity index (χ2v) is 7.02. The van der Waals surface area contributed by atoms with Gasteiger partial charge < -0.3 is 10.5 Å². The third-order valence-electron chi connectivity index (χ3n) is 3.30. The van der Waals surface area contributed by atoms with Crippen LogP contribution in [-0.2, 0) is 16.3 Å². The standard InChI is InChI=1S/C16H19NO3S/c1-20-14-7-3-5-12(9-14)10-16(17)13-6-4-8-15(11-13)21(2,18)19/h3-9,11,16H,10,17H2,1-2H3. The number of ether oxygens (including phenoxy) is 1. The summed E-state index contributed by atoms with van der Waals surface area (Å²) in [7, 11) is -1.60. The van der Waals surface area contributed by atoms with Gasteiger partial charge in [0, 0.05) is 12.3 Å². The van der Waals surface area contributed by atoms with Gasteiger partial charge in [0.15, 0.2) is 9.84 Å². The smallest absolute Gasteiger partial charge is 0.175 e. The summed E-state index contributed by atoms with van der Waals surface area (Å²) < 4.78 is 28.4. The summed E-state index contributed by atoms with van der Waals surface area (Å²) in [5.74, 6) is 0.782. The van der Waals surface area contributed by atoms with Gasteiger partial charge in [0.2, 0.25) is 0 Å². The number of methoxy groups -OCH3 is 1. The monoisotopic (exact) mass is 305 g/mol. The van der Waals surface area contributed by atoms with Crippen molar-refractivity contribution in [1.82, 2.24) is 0 Å². The van der Waals surface area contributed by atoms with E-state index in [1.807, 2.05) is 30.3 Å². The van der Waals surface area contributed by atoms with Crippen LogP contribution in [-0.4, -0.2) is 21.8 Å². The molecule has 0 bridgehead atoms. The first-order valence-electron chi connectivity index (χ1n) is 6.58. The lowest BCUT2D eigenvalue weighted by Crippen LogP contribution is -2.14. The highest BCUT2D eigenvalue weighted by atomic mass is 32.2. The molecule has 2 rings (SSSR count). The van der Waals surface area contributed by atoms with Crippen LogP contribution < -0.4 is 10.5 Å². The van der Waals surface area contributed by atoms with E-state index in [0.29, 0.717) is 11.3 Å². The highest BCUT2D eigenvalue weighted by Crippen LogP contribution is 2.21. The van der Waals surface area contributed by atoms with E-state index in [0.717, 1.165) is 16.9 Å². The molecule has 0 aliphatic heterocycles. The molecule has 112 valence electrons. The molecule has 0 fully saturated rings. The summed E-state index contributed by atoms with van der Waals surface area (Å²) in [6.45, 7) is 0. The number of benzene rings is 2. The average Bonchev–Trinajstić information content (AvgIpc) is 2.46.